The van der Waals surface area contributed by atoms with Gasteiger partial charge in [0, 0.05) is 55.8 Å². The van der Waals surface area contributed by atoms with E-state index in [1.54, 1.807) is 91.0 Å². The molecular weight excluding hydrogens is 1090 g/mol. The molecule has 478 valence electrons. The second-order valence-corrected chi connectivity index (χ2v) is 24.7. The standard InChI is InChI=1S/C62H103N11O12/c1-22-24-28-39(11)52(75)51-56(79)65-44(23-2)58(81)67(15)34-48(74)69(17)45(33-43-29-26-25-27-30-43)55(78)66-49(37(7)8)61(84)68(16)42(14)54(77)63-40(12)53(76)64-41(13)57(80)70(18)46(31-35(3)4)59(82)71(19)47(32-36(5)6)60(83)72(20)50(38(9)10)62(85)73(51)21/h22,24-27,29-30,35-42,44-47,49-52,75H,23,28,31-34H2,1-21H3,(H,63,77)(H,64,76)(H,65,79)(H,66,78)/b24-22+/t39-,40+,41-,42+,44+,45+,46+,47-,49+,50+,51+,52-/m1/s1. The van der Waals surface area contributed by atoms with Crippen LogP contribution in [0.3, 0.4) is 0 Å². The fourth-order valence-electron chi connectivity index (χ4n) is 10.4. The van der Waals surface area contributed by atoms with E-state index < -0.39 is 156 Å². The zero-order valence-electron chi connectivity index (χ0n) is 54.6. The first-order valence-electron chi connectivity index (χ1n) is 29.9. The molecule has 1 aliphatic rings. The normalized spacial score (nSPS) is 26.7. The Bertz CT molecular complexity index is 2510. The van der Waals surface area contributed by atoms with Crippen LogP contribution < -0.4 is 21.3 Å². The number of amides is 11. The summed E-state index contributed by atoms with van der Waals surface area (Å²) in [7, 11) is 9.79. The minimum atomic E-state index is -1.62. The molecule has 12 atom stereocenters. The number of hydrogen-bond acceptors (Lipinski definition) is 12. The quantitative estimate of drug-likeness (QED) is 0.178. The van der Waals surface area contributed by atoms with Crippen LogP contribution in [0.25, 0.3) is 0 Å². The molecule has 2 rings (SSSR count). The minimum absolute atomic E-state index is 0.00933. The predicted octanol–water partition coefficient (Wildman–Crippen LogP) is 2.44. The first-order valence-corrected chi connectivity index (χ1v) is 29.9. The highest BCUT2D eigenvalue weighted by Gasteiger charge is 2.45. The molecule has 85 heavy (non-hydrogen) atoms. The maximum atomic E-state index is 15.1. The molecule has 1 heterocycles. The van der Waals surface area contributed by atoms with Crippen molar-refractivity contribution in [3.05, 3.63) is 48.0 Å². The van der Waals surface area contributed by atoms with Gasteiger partial charge in [-0.15, -0.1) is 0 Å². The van der Waals surface area contributed by atoms with E-state index in [4.69, 9.17) is 0 Å². The van der Waals surface area contributed by atoms with Gasteiger partial charge in [-0.1, -0.05) is 112 Å². The van der Waals surface area contributed by atoms with Crippen molar-refractivity contribution in [1.29, 1.82) is 0 Å². The fraction of sp³-hybridized carbons (Fsp3) is 0.694. The zero-order valence-corrected chi connectivity index (χ0v) is 54.6. The van der Waals surface area contributed by atoms with Gasteiger partial charge in [0.25, 0.3) is 0 Å². The molecule has 0 saturated carbocycles. The van der Waals surface area contributed by atoms with Crippen molar-refractivity contribution in [3.8, 4) is 0 Å². The molecule has 11 amide bonds. The van der Waals surface area contributed by atoms with Crippen LogP contribution in [0, 0.1) is 29.6 Å². The number of rotatable bonds is 13. The third kappa shape index (κ3) is 20.1. The van der Waals surface area contributed by atoms with Gasteiger partial charge in [0.15, 0.2) is 0 Å². The van der Waals surface area contributed by atoms with Gasteiger partial charge >= 0.3 is 0 Å². The highest BCUT2D eigenvalue weighted by molar-refractivity contribution is 5.99. The molecule has 0 spiro atoms. The smallest absolute Gasteiger partial charge is 0.246 e. The lowest BCUT2D eigenvalue weighted by Gasteiger charge is -2.41. The zero-order chi connectivity index (χ0) is 65.2. The molecule has 0 aromatic heterocycles. The Morgan fingerprint density at radius 1 is 0.529 bits per heavy atom. The Kier molecular flexibility index (Phi) is 29.4. The second-order valence-electron chi connectivity index (χ2n) is 24.7. The number of hydrogen-bond donors (Lipinski definition) is 5. The maximum Gasteiger partial charge on any atom is 0.246 e. The SMILES string of the molecule is C/C=C/C[C@@H](C)[C@@H](O)[C@H]1C(=O)N[C@@H](CC)C(=O)N(C)CC(=O)N(C)[C@@H](Cc2ccccc2)C(=O)N[C@@H](C(C)C)C(=O)N(C)[C@@H](C)C(=O)N[C@@H](C)C(=O)N[C@H](C)C(=O)N(C)[C@@H](CC(C)C)C(=O)N(C)[C@H](CC(C)C)C(=O)N(C)[C@@H](C(C)C)C(=O)N1C. The summed E-state index contributed by atoms with van der Waals surface area (Å²) in [6, 6.07) is -3.72. The molecule has 0 radical (unpaired) electrons. The van der Waals surface area contributed by atoms with E-state index in [-0.39, 0.29) is 37.5 Å². The highest BCUT2D eigenvalue weighted by atomic mass is 16.3. The lowest BCUT2D eigenvalue weighted by atomic mass is 9.91. The Balaban J connectivity index is 2.94. The fourth-order valence-corrected chi connectivity index (χ4v) is 10.4. The van der Waals surface area contributed by atoms with Gasteiger partial charge in [0.2, 0.25) is 65.0 Å². The highest BCUT2D eigenvalue weighted by Crippen LogP contribution is 2.25. The lowest BCUT2D eigenvalue weighted by Crippen LogP contribution is -2.63. The molecule has 0 aliphatic carbocycles. The van der Waals surface area contributed by atoms with Crippen LogP contribution >= 0.6 is 0 Å². The Hall–Kier alpha value is -6.91. The van der Waals surface area contributed by atoms with Crippen LogP contribution in [-0.2, 0) is 59.2 Å². The molecule has 1 aliphatic heterocycles. The van der Waals surface area contributed by atoms with Crippen LogP contribution in [0.4, 0.5) is 0 Å². The Morgan fingerprint density at radius 2 is 1.04 bits per heavy atom. The molecule has 5 N–H and O–H groups in total. The van der Waals surface area contributed by atoms with Crippen molar-refractivity contribution in [2.75, 3.05) is 55.9 Å². The molecule has 1 aromatic carbocycles. The largest absolute Gasteiger partial charge is 0.390 e. The molecule has 0 bridgehead atoms. The molecule has 0 unspecified atom stereocenters. The number of aliphatic hydroxyl groups is 1. The third-order valence-corrected chi connectivity index (χ3v) is 16.1. The molecule has 23 heteroatoms. The number of carbonyl (C=O) groups is 11. The monoisotopic (exact) mass is 1190 g/mol. The Labute approximate surface area is 505 Å². The number of aliphatic hydroxyl groups excluding tert-OH is 1. The molecule has 1 aromatic rings. The van der Waals surface area contributed by atoms with Crippen LogP contribution in [0.15, 0.2) is 42.5 Å². The van der Waals surface area contributed by atoms with Crippen molar-refractivity contribution in [1.82, 2.24) is 55.6 Å². The number of likely N-dealkylation sites (N-methyl/N-ethyl adjacent to an activating group) is 7. The molecule has 1 saturated heterocycles. The van der Waals surface area contributed by atoms with E-state index in [1.807, 2.05) is 27.7 Å². The number of nitrogens with zero attached hydrogens (tertiary/aromatic N) is 7. The first kappa shape index (κ1) is 74.2. The van der Waals surface area contributed by atoms with Gasteiger partial charge in [0.1, 0.15) is 60.4 Å². The number of allylic oxidation sites excluding steroid dienone is 2. The van der Waals surface area contributed by atoms with Crippen molar-refractivity contribution >= 4 is 65.0 Å². The summed E-state index contributed by atoms with van der Waals surface area (Å²) in [6.45, 7) is 23.2. The van der Waals surface area contributed by atoms with Gasteiger partial charge in [-0.05, 0) is 88.5 Å². The molecule has 23 nitrogen and oxygen atoms in total. The van der Waals surface area contributed by atoms with Crippen molar-refractivity contribution < 1.29 is 57.8 Å². The summed E-state index contributed by atoms with van der Waals surface area (Å²) in [6.07, 6.45) is 2.67. The van der Waals surface area contributed by atoms with E-state index in [2.05, 4.69) is 21.3 Å². The summed E-state index contributed by atoms with van der Waals surface area (Å²) in [5, 5.41) is 22.9. The van der Waals surface area contributed by atoms with E-state index in [0.717, 1.165) is 14.7 Å². The van der Waals surface area contributed by atoms with Crippen molar-refractivity contribution in [2.24, 2.45) is 29.6 Å². The van der Waals surface area contributed by atoms with Gasteiger partial charge in [-0.25, -0.2) is 0 Å². The predicted molar refractivity (Wildman–Crippen MR) is 325 cm³/mol. The van der Waals surface area contributed by atoms with Crippen LogP contribution in [0.2, 0.25) is 0 Å². The van der Waals surface area contributed by atoms with Gasteiger partial charge in [-0.2, -0.15) is 0 Å². The summed E-state index contributed by atoms with van der Waals surface area (Å²) in [5.74, 6) is -9.74. The average molecular weight is 1190 g/mol. The molecule has 1 fully saturated rings. The van der Waals surface area contributed by atoms with E-state index in [1.165, 1.54) is 89.7 Å². The Morgan fingerprint density at radius 3 is 1.53 bits per heavy atom. The van der Waals surface area contributed by atoms with Gasteiger partial charge in [0.05, 0.1) is 12.6 Å². The number of benzene rings is 1. The van der Waals surface area contributed by atoms with Crippen molar-refractivity contribution in [2.45, 2.75) is 196 Å². The maximum absolute atomic E-state index is 15.1. The van der Waals surface area contributed by atoms with Crippen LogP contribution in [0.5, 0.6) is 0 Å². The number of nitrogens with one attached hydrogen (secondary N) is 4. The minimum Gasteiger partial charge on any atom is -0.390 e. The first-order chi connectivity index (χ1) is 39.5. The number of carbonyl (C=O) groups excluding carboxylic acids is 11. The van der Waals surface area contributed by atoms with E-state index in [0.29, 0.717) is 12.0 Å². The van der Waals surface area contributed by atoms with E-state index in [9.17, 15) is 48.3 Å². The summed E-state index contributed by atoms with van der Waals surface area (Å²) >= 11 is 0. The average Bonchev–Trinajstić information content (AvgIpc) is 3.56. The van der Waals surface area contributed by atoms with Gasteiger partial charge in [-0.3, -0.25) is 52.7 Å². The van der Waals surface area contributed by atoms with Crippen LogP contribution in [0.1, 0.15) is 128 Å². The van der Waals surface area contributed by atoms with E-state index >= 15 is 9.59 Å². The van der Waals surface area contributed by atoms with Crippen LogP contribution in [-0.4, -0.2) is 227 Å². The third-order valence-electron chi connectivity index (χ3n) is 16.1. The summed E-state index contributed by atoms with van der Waals surface area (Å²) < 4.78 is 0. The summed E-state index contributed by atoms with van der Waals surface area (Å²) in [5.41, 5.74) is 0.671. The molecular formula is C62H103N11O12. The van der Waals surface area contributed by atoms with Gasteiger partial charge < -0.3 is 60.7 Å². The van der Waals surface area contributed by atoms with Crippen molar-refractivity contribution in [3.63, 3.8) is 0 Å². The second kappa shape index (κ2) is 33.7. The topological polar surface area (TPSA) is 279 Å². The summed E-state index contributed by atoms with van der Waals surface area (Å²) in [4.78, 5) is 168. The lowest BCUT2D eigenvalue weighted by molar-refractivity contribution is -0.157.